The SMILES string of the molecule is CC(OC1CCCCCC1)C(=O)NC(CF)C(=O)O. The van der Waals surface area contributed by atoms with E-state index in [0.29, 0.717) is 0 Å². The van der Waals surface area contributed by atoms with Crippen LogP contribution < -0.4 is 5.32 Å². The minimum Gasteiger partial charge on any atom is -0.480 e. The van der Waals surface area contributed by atoms with Gasteiger partial charge in [0, 0.05) is 0 Å². The second kappa shape index (κ2) is 8.09. The van der Waals surface area contributed by atoms with Crippen LogP contribution >= 0.6 is 0 Å². The van der Waals surface area contributed by atoms with Crippen LogP contribution in [0.1, 0.15) is 45.4 Å². The Balaban J connectivity index is 2.40. The van der Waals surface area contributed by atoms with E-state index >= 15 is 0 Å². The molecule has 0 aromatic heterocycles. The highest BCUT2D eigenvalue weighted by Crippen LogP contribution is 2.20. The van der Waals surface area contributed by atoms with Gasteiger partial charge in [-0.15, -0.1) is 0 Å². The number of alkyl halides is 1. The van der Waals surface area contributed by atoms with Gasteiger partial charge in [0.1, 0.15) is 12.8 Å². The van der Waals surface area contributed by atoms with E-state index in [0.717, 1.165) is 25.7 Å². The van der Waals surface area contributed by atoms with Crippen molar-refractivity contribution < 1.29 is 23.8 Å². The summed E-state index contributed by atoms with van der Waals surface area (Å²) in [6, 6.07) is -1.49. The number of carboxylic acids is 1. The van der Waals surface area contributed by atoms with Crippen LogP contribution in [0.15, 0.2) is 0 Å². The van der Waals surface area contributed by atoms with Gasteiger partial charge in [0.15, 0.2) is 6.04 Å². The lowest BCUT2D eigenvalue weighted by Crippen LogP contribution is -2.47. The molecule has 2 N–H and O–H groups in total. The number of carboxylic acid groups (broad SMARTS) is 1. The second-order valence-electron chi connectivity index (χ2n) is 4.95. The molecule has 2 atom stereocenters. The van der Waals surface area contributed by atoms with Gasteiger partial charge in [-0.05, 0) is 19.8 Å². The van der Waals surface area contributed by atoms with Crippen LogP contribution in [0, 0.1) is 0 Å². The van der Waals surface area contributed by atoms with Gasteiger partial charge in [-0.25, -0.2) is 9.18 Å². The van der Waals surface area contributed by atoms with E-state index < -0.39 is 30.7 Å². The van der Waals surface area contributed by atoms with Crippen LogP contribution in [0.5, 0.6) is 0 Å². The van der Waals surface area contributed by atoms with Crippen molar-refractivity contribution in [2.75, 3.05) is 6.67 Å². The summed E-state index contributed by atoms with van der Waals surface area (Å²) >= 11 is 0. The number of amides is 1. The molecule has 0 spiro atoms. The third-order valence-corrected chi connectivity index (χ3v) is 3.34. The van der Waals surface area contributed by atoms with Crippen molar-refractivity contribution in [1.82, 2.24) is 5.32 Å². The van der Waals surface area contributed by atoms with Gasteiger partial charge in [0.05, 0.1) is 6.10 Å². The second-order valence-corrected chi connectivity index (χ2v) is 4.95. The average molecular weight is 275 g/mol. The van der Waals surface area contributed by atoms with E-state index in [1.54, 1.807) is 6.92 Å². The molecule has 0 aromatic rings. The molecule has 1 fully saturated rings. The van der Waals surface area contributed by atoms with E-state index in [2.05, 4.69) is 5.32 Å². The maximum Gasteiger partial charge on any atom is 0.328 e. The van der Waals surface area contributed by atoms with Crippen molar-refractivity contribution in [3.63, 3.8) is 0 Å². The lowest BCUT2D eigenvalue weighted by molar-refractivity contribution is -0.145. The molecule has 1 saturated carbocycles. The zero-order valence-corrected chi connectivity index (χ0v) is 11.2. The quantitative estimate of drug-likeness (QED) is 0.723. The topological polar surface area (TPSA) is 75.6 Å². The summed E-state index contributed by atoms with van der Waals surface area (Å²) < 4.78 is 18.0. The smallest absolute Gasteiger partial charge is 0.328 e. The standard InChI is InChI=1S/C13H22FNO4/c1-9(12(16)15-11(8-14)13(17)18)19-10-6-4-2-3-5-7-10/h9-11H,2-8H2,1H3,(H,15,16)(H,17,18). The maximum absolute atomic E-state index is 12.4. The molecule has 1 aliphatic carbocycles. The summed E-state index contributed by atoms with van der Waals surface area (Å²) in [7, 11) is 0. The van der Waals surface area contributed by atoms with Gasteiger partial charge < -0.3 is 15.2 Å². The van der Waals surface area contributed by atoms with Crippen molar-refractivity contribution in [3.8, 4) is 0 Å². The van der Waals surface area contributed by atoms with E-state index in [1.165, 1.54) is 12.8 Å². The largest absolute Gasteiger partial charge is 0.480 e. The van der Waals surface area contributed by atoms with E-state index in [-0.39, 0.29) is 6.10 Å². The lowest BCUT2D eigenvalue weighted by Gasteiger charge is -2.21. The zero-order chi connectivity index (χ0) is 14.3. The van der Waals surface area contributed by atoms with E-state index in [4.69, 9.17) is 9.84 Å². The fourth-order valence-electron chi connectivity index (χ4n) is 2.18. The molecule has 0 heterocycles. The Hall–Kier alpha value is -1.17. The van der Waals surface area contributed by atoms with Crippen molar-refractivity contribution in [2.24, 2.45) is 0 Å². The molecule has 2 unspecified atom stereocenters. The molecule has 6 heteroatoms. The zero-order valence-electron chi connectivity index (χ0n) is 11.2. The van der Waals surface area contributed by atoms with E-state index in [1.807, 2.05) is 0 Å². The Labute approximate surface area is 112 Å². The normalized spacial score (nSPS) is 20.3. The number of rotatable bonds is 6. The number of hydrogen-bond acceptors (Lipinski definition) is 3. The van der Waals surface area contributed by atoms with Crippen molar-refractivity contribution in [1.29, 1.82) is 0 Å². The summed E-state index contributed by atoms with van der Waals surface area (Å²) in [5, 5.41) is 10.8. The van der Waals surface area contributed by atoms with Gasteiger partial charge in [0.25, 0.3) is 0 Å². The van der Waals surface area contributed by atoms with Crippen LogP contribution in [0.3, 0.4) is 0 Å². The fourth-order valence-corrected chi connectivity index (χ4v) is 2.18. The number of aliphatic carboxylic acids is 1. The van der Waals surface area contributed by atoms with Crippen molar-refractivity contribution >= 4 is 11.9 Å². The molecular weight excluding hydrogens is 253 g/mol. The number of carbonyl (C=O) groups excluding carboxylic acids is 1. The molecule has 0 aliphatic heterocycles. The molecule has 0 aromatic carbocycles. The summed E-state index contributed by atoms with van der Waals surface area (Å²) in [6.07, 6.45) is 5.66. The molecule has 19 heavy (non-hydrogen) atoms. The number of nitrogens with one attached hydrogen (secondary N) is 1. The summed E-state index contributed by atoms with van der Waals surface area (Å²) in [4.78, 5) is 22.3. The summed E-state index contributed by atoms with van der Waals surface area (Å²) in [5.74, 6) is -1.95. The van der Waals surface area contributed by atoms with Gasteiger partial charge >= 0.3 is 5.97 Å². The minimum atomic E-state index is -1.49. The minimum absolute atomic E-state index is 0.0388. The molecule has 1 rings (SSSR count). The molecule has 110 valence electrons. The van der Waals surface area contributed by atoms with Crippen LogP contribution in [0.25, 0.3) is 0 Å². The predicted molar refractivity (Wildman–Crippen MR) is 67.6 cm³/mol. The number of hydrogen-bond donors (Lipinski definition) is 2. The first-order valence-electron chi connectivity index (χ1n) is 6.79. The maximum atomic E-state index is 12.4. The molecular formula is C13H22FNO4. The molecule has 0 saturated heterocycles. The Morgan fingerprint density at radius 2 is 1.89 bits per heavy atom. The summed E-state index contributed by atoms with van der Waals surface area (Å²) in [6.45, 7) is 0.439. The van der Waals surface area contributed by atoms with Crippen LogP contribution in [0.4, 0.5) is 4.39 Å². The van der Waals surface area contributed by atoms with Crippen LogP contribution in [0.2, 0.25) is 0 Å². The summed E-state index contributed by atoms with van der Waals surface area (Å²) in [5.41, 5.74) is 0. The van der Waals surface area contributed by atoms with Crippen molar-refractivity contribution in [2.45, 2.75) is 63.7 Å². The first-order valence-corrected chi connectivity index (χ1v) is 6.79. The predicted octanol–water partition coefficient (Wildman–Crippen LogP) is 1.65. The molecule has 1 aliphatic rings. The third kappa shape index (κ3) is 5.55. The molecule has 1 amide bonds. The van der Waals surface area contributed by atoms with Gasteiger partial charge in [-0.3, -0.25) is 4.79 Å². The number of ether oxygens (including phenoxy) is 1. The molecule has 0 bridgehead atoms. The number of halogens is 1. The van der Waals surface area contributed by atoms with Crippen LogP contribution in [-0.4, -0.2) is 41.9 Å². The lowest BCUT2D eigenvalue weighted by atomic mass is 10.1. The van der Waals surface area contributed by atoms with Gasteiger partial charge in [-0.2, -0.15) is 0 Å². The monoisotopic (exact) mass is 275 g/mol. The average Bonchev–Trinajstić information content (AvgIpc) is 2.63. The van der Waals surface area contributed by atoms with Gasteiger partial charge in [0.2, 0.25) is 5.91 Å². The van der Waals surface area contributed by atoms with E-state index in [9.17, 15) is 14.0 Å². The Bertz CT molecular complexity index is 303. The fraction of sp³-hybridized carbons (Fsp3) is 0.846. The van der Waals surface area contributed by atoms with Crippen molar-refractivity contribution in [3.05, 3.63) is 0 Å². The Kier molecular flexibility index (Phi) is 6.77. The Morgan fingerprint density at radius 1 is 1.32 bits per heavy atom. The first-order chi connectivity index (χ1) is 9.04. The molecule has 0 radical (unpaired) electrons. The highest BCUT2D eigenvalue weighted by molar-refractivity contribution is 5.86. The first kappa shape index (κ1) is 15.9. The highest BCUT2D eigenvalue weighted by atomic mass is 19.1. The molecule has 5 nitrogen and oxygen atoms in total. The number of carbonyl (C=O) groups is 2. The van der Waals surface area contributed by atoms with Gasteiger partial charge in [-0.1, -0.05) is 25.7 Å². The highest BCUT2D eigenvalue weighted by Gasteiger charge is 2.25. The third-order valence-electron chi connectivity index (χ3n) is 3.34. The Morgan fingerprint density at radius 3 is 2.37 bits per heavy atom. The van der Waals surface area contributed by atoms with Crippen LogP contribution in [-0.2, 0) is 14.3 Å².